The molecule has 0 spiro atoms. The van der Waals surface area contributed by atoms with Crippen molar-refractivity contribution in [2.45, 2.75) is 17.6 Å². The van der Waals surface area contributed by atoms with Crippen molar-refractivity contribution >= 4 is 10.0 Å². The number of hydrogen-bond acceptors (Lipinski definition) is 4. The largest absolute Gasteiger partial charge is 0.416 e. The number of alkyl halides is 3. The molecule has 0 aliphatic heterocycles. The average molecular weight is 320 g/mol. The van der Waals surface area contributed by atoms with Gasteiger partial charge in [0.15, 0.2) is 0 Å². The maximum atomic E-state index is 12.4. The highest BCUT2D eigenvalue weighted by molar-refractivity contribution is 7.89. The Morgan fingerprint density at radius 3 is 2.33 bits per heavy atom. The first-order chi connectivity index (χ1) is 9.71. The van der Waals surface area contributed by atoms with Crippen molar-refractivity contribution in [1.29, 1.82) is 0 Å². The molecule has 1 aromatic carbocycles. The van der Waals surface area contributed by atoms with Gasteiger partial charge in [-0.2, -0.15) is 22.6 Å². The second kappa shape index (κ2) is 5.45. The average Bonchev–Trinajstić information content (AvgIpc) is 2.90. The minimum Gasteiger partial charge on any atom is -0.262 e. The summed E-state index contributed by atoms with van der Waals surface area (Å²) in [6.07, 6.45) is -3.28. The van der Waals surface area contributed by atoms with Crippen molar-refractivity contribution in [1.82, 2.24) is 19.5 Å². The van der Waals surface area contributed by atoms with Crippen LogP contribution in [-0.2, 0) is 22.7 Å². The molecular formula is C11H11F3N4O2S. The second-order valence-electron chi connectivity index (χ2n) is 4.22. The molecule has 0 bridgehead atoms. The Morgan fingerprint density at radius 2 is 1.86 bits per heavy atom. The van der Waals surface area contributed by atoms with Gasteiger partial charge in [0.25, 0.3) is 0 Å². The standard InChI is InChI=1S/C11H11F3N4O2S/c1-18(6-10-15-7-16-17-10)21(19,20)9-4-2-8(3-5-9)11(12,13)14/h2-5,7H,6H2,1H3,(H,15,16,17). The predicted molar refractivity (Wildman–Crippen MR) is 66.5 cm³/mol. The summed E-state index contributed by atoms with van der Waals surface area (Å²) in [5.74, 6) is 0.327. The molecule has 0 atom stereocenters. The van der Waals surface area contributed by atoms with Crippen LogP contribution in [0.2, 0.25) is 0 Å². The van der Waals surface area contributed by atoms with Crippen molar-refractivity contribution in [3.63, 3.8) is 0 Å². The molecule has 0 saturated carbocycles. The summed E-state index contributed by atoms with van der Waals surface area (Å²) in [5, 5.41) is 6.09. The van der Waals surface area contributed by atoms with E-state index in [4.69, 9.17) is 0 Å². The lowest BCUT2D eigenvalue weighted by atomic mass is 10.2. The minimum atomic E-state index is -4.51. The molecule has 0 saturated heterocycles. The first-order valence-electron chi connectivity index (χ1n) is 5.69. The second-order valence-corrected chi connectivity index (χ2v) is 6.26. The van der Waals surface area contributed by atoms with Gasteiger partial charge in [0.2, 0.25) is 10.0 Å². The smallest absolute Gasteiger partial charge is 0.262 e. The zero-order chi connectivity index (χ0) is 15.7. The van der Waals surface area contributed by atoms with E-state index in [0.717, 1.165) is 28.6 Å². The number of sulfonamides is 1. The lowest BCUT2D eigenvalue weighted by Gasteiger charge is -2.16. The fourth-order valence-electron chi connectivity index (χ4n) is 1.60. The molecule has 21 heavy (non-hydrogen) atoms. The Kier molecular flexibility index (Phi) is 4.01. The van der Waals surface area contributed by atoms with E-state index >= 15 is 0 Å². The Labute approximate surface area is 118 Å². The molecule has 0 aliphatic rings. The number of benzene rings is 1. The van der Waals surface area contributed by atoms with Crippen molar-refractivity contribution < 1.29 is 21.6 Å². The number of aromatic nitrogens is 3. The van der Waals surface area contributed by atoms with Crippen LogP contribution in [0.4, 0.5) is 13.2 Å². The van der Waals surface area contributed by atoms with E-state index in [-0.39, 0.29) is 11.4 Å². The van der Waals surface area contributed by atoms with Crippen LogP contribution in [0.15, 0.2) is 35.5 Å². The molecule has 1 N–H and O–H groups in total. The maximum absolute atomic E-state index is 12.4. The van der Waals surface area contributed by atoms with E-state index in [1.165, 1.54) is 13.4 Å². The van der Waals surface area contributed by atoms with Crippen molar-refractivity contribution in [2.24, 2.45) is 0 Å². The van der Waals surface area contributed by atoms with Crippen molar-refractivity contribution in [3.05, 3.63) is 42.0 Å². The quantitative estimate of drug-likeness (QED) is 0.929. The Bertz CT molecular complexity index is 696. The van der Waals surface area contributed by atoms with Crippen LogP contribution >= 0.6 is 0 Å². The summed E-state index contributed by atoms with van der Waals surface area (Å²) < 4.78 is 62.7. The van der Waals surface area contributed by atoms with Crippen LogP contribution in [-0.4, -0.2) is 35.0 Å². The number of halogens is 3. The van der Waals surface area contributed by atoms with Gasteiger partial charge in [-0.05, 0) is 24.3 Å². The first kappa shape index (κ1) is 15.4. The number of H-pyrrole nitrogens is 1. The van der Waals surface area contributed by atoms with E-state index in [1.807, 2.05) is 0 Å². The maximum Gasteiger partial charge on any atom is 0.416 e. The van der Waals surface area contributed by atoms with E-state index < -0.39 is 21.8 Å². The SMILES string of the molecule is CN(Cc1ncn[nH]1)S(=O)(=O)c1ccc(C(F)(F)F)cc1. The molecule has 0 unspecified atom stereocenters. The molecule has 0 amide bonds. The molecule has 114 valence electrons. The predicted octanol–water partition coefficient (Wildman–Crippen LogP) is 1.64. The third kappa shape index (κ3) is 3.39. The zero-order valence-corrected chi connectivity index (χ0v) is 11.6. The molecule has 0 fully saturated rings. The molecule has 10 heteroatoms. The highest BCUT2D eigenvalue weighted by atomic mass is 32.2. The third-order valence-electron chi connectivity index (χ3n) is 2.73. The van der Waals surface area contributed by atoms with E-state index in [0.29, 0.717) is 5.82 Å². The van der Waals surface area contributed by atoms with Crippen LogP contribution in [0.3, 0.4) is 0 Å². The summed E-state index contributed by atoms with van der Waals surface area (Å²) in [6.45, 7) is -0.0661. The first-order valence-corrected chi connectivity index (χ1v) is 7.13. The normalized spacial score (nSPS) is 12.8. The van der Waals surface area contributed by atoms with Gasteiger partial charge in [-0.1, -0.05) is 0 Å². The monoisotopic (exact) mass is 320 g/mol. The Balaban J connectivity index is 2.23. The van der Waals surface area contributed by atoms with Crippen LogP contribution in [0, 0.1) is 0 Å². The Hall–Kier alpha value is -1.94. The number of nitrogens with zero attached hydrogens (tertiary/aromatic N) is 3. The lowest BCUT2D eigenvalue weighted by molar-refractivity contribution is -0.137. The highest BCUT2D eigenvalue weighted by Gasteiger charge is 2.31. The third-order valence-corrected chi connectivity index (χ3v) is 4.54. The molecule has 6 nitrogen and oxygen atoms in total. The minimum absolute atomic E-state index is 0.0661. The zero-order valence-electron chi connectivity index (χ0n) is 10.8. The van der Waals surface area contributed by atoms with Gasteiger partial charge in [0.1, 0.15) is 12.2 Å². The molecular weight excluding hydrogens is 309 g/mol. The van der Waals surface area contributed by atoms with Crippen molar-refractivity contribution in [2.75, 3.05) is 7.05 Å². The van der Waals surface area contributed by atoms with Crippen LogP contribution in [0.1, 0.15) is 11.4 Å². The molecule has 1 heterocycles. The van der Waals surface area contributed by atoms with Gasteiger partial charge in [0.05, 0.1) is 17.0 Å². The number of nitrogens with one attached hydrogen (secondary N) is 1. The van der Waals surface area contributed by atoms with Crippen LogP contribution in [0.25, 0.3) is 0 Å². The molecule has 2 aromatic rings. The fraction of sp³-hybridized carbons (Fsp3) is 0.273. The fourth-order valence-corrected chi connectivity index (χ4v) is 2.73. The summed E-state index contributed by atoms with van der Waals surface area (Å²) in [4.78, 5) is 3.56. The van der Waals surface area contributed by atoms with Crippen molar-refractivity contribution in [3.8, 4) is 0 Å². The summed E-state index contributed by atoms with van der Waals surface area (Å²) in [6, 6.07) is 3.31. The van der Waals surface area contributed by atoms with E-state index in [9.17, 15) is 21.6 Å². The molecule has 0 radical (unpaired) electrons. The van der Waals surface area contributed by atoms with Gasteiger partial charge >= 0.3 is 6.18 Å². The summed E-state index contributed by atoms with van der Waals surface area (Å²) in [5.41, 5.74) is -0.903. The van der Waals surface area contributed by atoms with Gasteiger partial charge in [-0.3, -0.25) is 5.10 Å². The van der Waals surface area contributed by atoms with Crippen LogP contribution in [0.5, 0.6) is 0 Å². The molecule has 2 rings (SSSR count). The Morgan fingerprint density at radius 1 is 1.24 bits per heavy atom. The van der Waals surface area contributed by atoms with Gasteiger partial charge in [0, 0.05) is 7.05 Å². The summed E-state index contributed by atoms with van der Waals surface area (Å²) >= 11 is 0. The van der Waals surface area contributed by atoms with Crippen LogP contribution < -0.4 is 0 Å². The summed E-state index contributed by atoms with van der Waals surface area (Å²) in [7, 11) is -2.60. The topological polar surface area (TPSA) is 79.0 Å². The number of rotatable bonds is 4. The van der Waals surface area contributed by atoms with E-state index in [1.54, 1.807) is 0 Å². The van der Waals surface area contributed by atoms with E-state index in [2.05, 4.69) is 15.2 Å². The molecule has 1 aromatic heterocycles. The lowest BCUT2D eigenvalue weighted by Crippen LogP contribution is -2.27. The number of aromatic amines is 1. The van der Waals surface area contributed by atoms with Gasteiger partial charge < -0.3 is 0 Å². The molecule has 0 aliphatic carbocycles. The van der Waals surface area contributed by atoms with Gasteiger partial charge in [-0.25, -0.2) is 13.4 Å². The number of hydrogen-bond donors (Lipinski definition) is 1. The highest BCUT2D eigenvalue weighted by Crippen LogP contribution is 2.30. The van der Waals surface area contributed by atoms with Gasteiger partial charge in [-0.15, -0.1) is 0 Å².